The molecule has 0 atom stereocenters. The number of hydrogen-bond donors (Lipinski definition) is 2. The van der Waals surface area contributed by atoms with Gasteiger partial charge in [0, 0.05) is 26.3 Å². The topological polar surface area (TPSA) is 106 Å². The van der Waals surface area contributed by atoms with Gasteiger partial charge in [-0.1, -0.05) is 65.2 Å². The summed E-state index contributed by atoms with van der Waals surface area (Å²) in [5.41, 5.74) is 6.73. The number of hydrogen-bond acceptors (Lipinski definition) is 9. The highest BCUT2D eigenvalue weighted by Gasteiger charge is 2.22. The highest BCUT2D eigenvalue weighted by atomic mass is 35.5. The van der Waals surface area contributed by atoms with Crippen LogP contribution in [0.25, 0.3) is 11.3 Å². The number of ether oxygens (including phenoxy) is 2. The number of anilines is 5. The number of nitrogens with one attached hydrogen (secondary N) is 2. The summed E-state index contributed by atoms with van der Waals surface area (Å²) in [5, 5.41) is 6.92. The van der Waals surface area contributed by atoms with E-state index >= 15 is 0 Å². The number of esters is 2. The molecule has 3 aromatic carbocycles. The first kappa shape index (κ1) is 33.1. The molecule has 9 nitrogen and oxygen atoms in total. The summed E-state index contributed by atoms with van der Waals surface area (Å²) in [4.78, 5) is 38.2. The molecule has 2 N–H and O–H groups in total. The molecule has 0 amide bonds. The van der Waals surface area contributed by atoms with Crippen molar-refractivity contribution in [2.45, 2.75) is 20.8 Å². The molecule has 0 fully saturated rings. The third-order valence-electron chi connectivity index (χ3n) is 7.46. The van der Waals surface area contributed by atoms with E-state index in [4.69, 9.17) is 21.1 Å². The number of methoxy groups -OCH3 is 1. The normalized spacial score (nSPS) is 10.8. The van der Waals surface area contributed by atoms with Crippen molar-refractivity contribution in [1.29, 1.82) is 0 Å². The minimum Gasteiger partial charge on any atom is -0.386 e. The fourth-order valence-electron chi connectivity index (χ4n) is 5.06. The number of carbonyl (C=O) groups is 2. The summed E-state index contributed by atoms with van der Waals surface area (Å²) in [5.74, 6) is -0.754. The number of nitrogens with zero attached hydrogens (tertiary/aromatic N) is 3. The molecule has 0 aliphatic heterocycles. The van der Waals surface area contributed by atoms with Crippen molar-refractivity contribution in [3.63, 3.8) is 0 Å². The van der Waals surface area contributed by atoms with Crippen molar-refractivity contribution in [2.75, 3.05) is 42.8 Å². The first-order chi connectivity index (χ1) is 22.6. The monoisotopic (exact) mass is 649 g/mol. The largest absolute Gasteiger partial charge is 0.386 e. The third-order valence-corrected chi connectivity index (χ3v) is 7.75. The van der Waals surface area contributed by atoms with Gasteiger partial charge in [0.25, 0.3) is 0 Å². The molecule has 2 aromatic heterocycles. The second-order valence-electron chi connectivity index (χ2n) is 11.2. The van der Waals surface area contributed by atoms with Crippen LogP contribution in [-0.2, 0) is 9.47 Å². The van der Waals surface area contributed by atoms with Crippen LogP contribution >= 0.6 is 11.6 Å². The summed E-state index contributed by atoms with van der Waals surface area (Å²) in [6.45, 7) is 6.97. The predicted molar refractivity (Wildman–Crippen MR) is 187 cm³/mol. The van der Waals surface area contributed by atoms with Crippen LogP contribution in [0.3, 0.4) is 0 Å². The molecule has 0 aliphatic carbocycles. The summed E-state index contributed by atoms with van der Waals surface area (Å²) in [6.07, 6.45) is 3.34. The van der Waals surface area contributed by atoms with Crippen LogP contribution in [-0.4, -0.2) is 49.2 Å². The van der Waals surface area contributed by atoms with Crippen molar-refractivity contribution >= 4 is 52.1 Å². The maximum atomic E-state index is 13.5. The number of benzene rings is 3. The number of pyridine rings is 2. The Morgan fingerprint density at radius 1 is 0.787 bits per heavy atom. The summed E-state index contributed by atoms with van der Waals surface area (Å²) < 4.78 is 10.6. The van der Waals surface area contributed by atoms with Crippen molar-refractivity contribution < 1.29 is 19.1 Å². The van der Waals surface area contributed by atoms with Crippen LogP contribution in [0.2, 0.25) is 5.02 Å². The Bertz CT molecular complexity index is 1920. The molecular weight excluding hydrogens is 614 g/mol. The third kappa shape index (κ3) is 8.13. The van der Waals surface area contributed by atoms with Crippen LogP contribution in [0.5, 0.6) is 0 Å². The van der Waals surface area contributed by atoms with Gasteiger partial charge in [-0.05, 0) is 62.7 Å². The summed E-state index contributed by atoms with van der Waals surface area (Å²) in [6, 6.07) is 23.9. The average Bonchev–Trinajstić information content (AvgIpc) is 3.05. The van der Waals surface area contributed by atoms with E-state index in [0.29, 0.717) is 46.6 Å². The highest BCUT2D eigenvalue weighted by molar-refractivity contribution is 6.33. The Hall–Kier alpha value is -5.25. The number of rotatable bonds is 11. The molecule has 47 heavy (non-hydrogen) atoms. The minimum atomic E-state index is -0.797. The predicted octanol–water partition coefficient (Wildman–Crippen LogP) is 8.29. The molecule has 5 aromatic rings. The van der Waals surface area contributed by atoms with Gasteiger partial charge in [-0.15, -0.1) is 0 Å². The van der Waals surface area contributed by atoms with Gasteiger partial charge in [0.05, 0.1) is 63.6 Å². The molecule has 0 spiro atoms. The van der Waals surface area contributed by atoms with Crippen molar-refractivity contribution in [3.05, 3.63) is 124 Å². The lowest BCUT2D eigenvalue weighted by Gasteiger charge is -2.20. The quantitative estimate of drug-likeness (QED) is 0.108. The van der Waals surface area contributed by atoms with Crippen LogP contribution in [0.1, 0.15) is 37.4 Å². The molecular formula is C37H36ClN5O4. The van der Waals surface area contributed by atoms with Gasteiger partial charge in [0.2, 0.25) is 0 Å². The lowest BCUT2D eigenvalue weighted by atomic mass is 10.1. The average molecular weight is 650 g/mol. The number of aromatic nitrogens is 2. The molecule has 0 aliphatic rings. The summed E-state index contributed by atoms with van der Waals surface area (Å²) in [7, 11) is 3.62. The highest BCUT2D eigenvalue weighted by Crippen LogP contribution is 2.31. The Kier molecular flexibility index (Phi) is 10.5. The Morgan fingerprint density at radius 3 is 1.91 bits per heavy atom. The van der Waals surface area contributed by atoms with Gasteiger partial charge in [0.1, 0.15) is 5.82 Å². The van der Waals surface area contributed by atoms with E-state index in [1.807, 2.05) is 81.2 Å². The van der Waals surface area contributed by atoms with Gasteiger partial charge in [-0.2, -0.15) is 0 Å². The van der Waals surface area contributed by atoms with E-state index in [0.717, 1.165) is 28.1 Å². The van der Waals surface area contributed by atoms with Crippen LogP contribution in [0, 0.1) is 20.8 Å². The summed E-state index contributed by atoms with van der Waals surface area (Å²) >= 11 is 6.57. The second-order valence-corrected chi connectivity index (χ2v) is 11.6. The van der Waals surface area contributed by atoms with Crippen molar-refractivity contribution in [1.82, 2.24) is 9.97 Å². The smallest absolute Gasteiger partial charge is 0.348 e. The molecule has 0 saturated carbocycles. The minimum absolute atomic E-state index is 0.191. The zero-order chi connectivity index (χ0) is 33.5. The van der Waals surface area contributed by atoms with Crippen LogP contribution < -0.4 is 15.5 Å². The fourth-order valence-corrected chi connectivity index (χ4v) is 5.34. The molecule has 240 valence electrons. The van der Waals surface area contributed by atoms with Crippen LogP contribution in [0.4, 0.5) is 28.6 Å². The van der Waals surface area contributed by atoms with Gasteiger partial charge in [0.15, 0.2) is 0 Å². The first-order valence-electron chi connectivity index (χ1n) is 15.0. The maximum absolute atomic E-state index is 13.5. The molecule has 5 rings (SSSR count). The second kappa shape index (κ2) is 14.9. The van der Waals surface area contributed by atoms with Gasteiger partial charge >= 0.3 is 11.9 Å². The zero-order valence-electron chi connectivity index (χ0n) is 26.9. The van der Waals surface area contributed by atoms with Gasteiger partial charge in [-0.3, -0.25) is 4.98 Å². The first-order valence-corrected chi connectivity index (χ1v) is 15.4. The van der Waals surface area contributed by atoms with E-state index in [-0.39, 0.29) is 11.1 Å². The number of aryl methyl sites for hydroxylation is 3. The molecule has 10 heteroatoms. The van der Waals surface area contributed by atoms with Crippen molar-refractivity contribution in [2.24, 2.45) is 0 Å². The number of halogens is 1. The lowest BCUT2D eigenvalue weighted by molar-refractivity contribution is 0.0399. The van der Waals surface area contributed by atoms with Crippen LogP contribution in [0.15, 0.2) is 91.3 Å². The van der Waals surface area contributed by atoms with E-state index in [1.54, 1.807) is 49.8 Å². The SMILES string of the molecule is COCCN(C)c1ncc(Nc2ccc(C)cc2C(=O)OC(=O)c2cc(C)ccc2Nc2cnc(-c3ccccc3)c(Cl)c2)cc1C. The number of carbonyl (C=O) groups excluding carboxylic acids is 2. The Balaban J connectivity index is 1.35. The van der Waals surface area contributed by atoms with Crippen molar-refractivity contribution in [3.8, 4) is 11.3 Å². The lowest BCUT2D eigenvalue weighted by Crippen LogP contribution is -2.23. The number of likely N-dealkylation sites (N-methyl/N-ethyl adjacent to an activating group) is 1. The van der Waals surface area contributed by atoms with Gasteiger partial charge in [-0.25, -0.2) is 14.6 Å². The zero-order valence-corrected chi connectivity index (χ0v) is 27.7. The molecule has 0 unspecified atom stereocenters. The molecule has 0 radical (unpaired) electrons. The molecule has 2 heterocycles. The maximum Gasteiger partial charge on any atom is 0.348 e. The van der Waals surface area contributed by atoms with E-state index < -0.39 is 11.9 Å². The molecule has 0 bridgehead atoms. The van der Waals surface area contributed by atoms with E-state index in [9.17, 15) is 9.59 Å². The van der Waals surface area contributed by atoms with E-state index in [1.165, 1.54) is 0 Å². The Labute approximate surface area is 279 Å². The fraction of sp³-hybridized carbons (Fsp3) is 0.189. The Morgan fingerprint density at radius 2 is 1.36 bits per heavy atom. The molecule has 0 saturated heterocycles. The van der Waals surface area contributed by atoms with Gasteiger partial charge < -0.3 is 25.0 Å². The standard InChI is InChI=1S/C37H36ClN5O4/c1-23-11-13-32(41-27-19-25(3)35(40-22-27)43(4)15-16-46-5)29(17-23)36(44)47-37(45)30-18-24(2)12-14-33(30)42-28-20-31(38)34(39-21-28)26-9-7-6-8-10-26/h6-14,17-22,41-42H,15-16H2,1-5H3. The van der Waals surface area contributed by atoms with E-state index in [2.05, 4.69) is 20.6 Å².